The van der Waals surface area contributed by atoms with Crippen LogP contribution >= 0.6 is 22.7 Å². The summed E-state index contributed by atoms with van der Waals surface area (Å²) in [6.45, 7) is 7.30. The molecule has 2 rings (SSSR count). The van der Waals surface area contributed by atoms with Crippen LogP contribution in [0.3, 0.4) is 0 Å². The average Bonchev–Trinajstić information content (AvgIpc) is 2.86. The van der Waals surface area contributed by atoms with Crippen LogP contribution in [0.15, 0.2) is 17.5 Å². The van der Waals surface area contributed by atoms with Gasteiger partial charge in [-0.15, -0.1) is 22.7 Å². The van der Waals surface area contributed by atoms with E-state index >= 15 is 0 Å². The molecule has 0 aliphatic carbocycles. The first-order valence-corrected chi connectivity index (χ1v) is 7.12. The zero-order chi connectivity index (χ0) is 11.5. The Morgan fingerprint density at radius 1 is 1.44 bits per heavy atom. The minimum absolute atomic E-state index is 0.266. The fourth-order valence-electron chi connectivity index (χ4n) is 1.59. The number of thiazole rings is 1. The Morgan fingerprint density at radius 3 is 2.75 bits per heavy atom. The molecule has 0 aliphatic heterocycles. The van der Waals surface area contributed by atoms with Crippen molar-refractivity contribution in [3.63, 3.8) is 0 Å². The van der Waals surface area contributed by atoms with Crippen LogP contribution in [-0.4, -0.2) is 11.5 Å². The predicted octanol–water partition coefficient (Wildman–Crippen LogP) is 3.52. The summed E-state index contributed by atoms with van der Waals surface area (Å²) in [4.78, 5) is 7.31. The molecule has 0 aromatic carbocycles. The van der Waals surface area contributed by atoms with Gasteiger partial charge in [0, 0.05) is 9.75 Å². The molecule has 2 aromatic heterocycles. The third-order valence-electron chi connectivity index (χ3n) is 2.53. The SMILES string of the molecule is CCNC(c1cccs1)c1nc(C)c(C)s1. The molecule has 0 fully saturated rings. The van der Waals surface area contributed by atoms with Gasteiger partial charge in [0.15, 0.2) is 0 Å². The molecule has 4 heteroatoms. The maximum atomic E-state index is 4.65. The molecule has 0 bridgehead atoms. The van der Waals surface area contributed by atoms with E-state index in [-0.39, 0.29) is 6.04 Å². The van der Waals surface area contributed by atoms with Crippen molar-refractivity contribution in [2.45, 2.75) is 26.8 Å². The lowest BCUT2D eigenvalue weighted by Crippen LogP contribution is -2.20. The lowest BCUT2D eigenvalue weighted by molar-refractivity contribution is 0.635. The lowest BCUT2D eigenvalue weighted by atomic mass is 10.2. The number of aromatic nitrogens is 1. The molecule has 0 saturated heterocycles. The quantitative estimate of drug-likeness (QED) is 0.900. The molecule has 0 radical (unpaired) electrons. The number of aryl methyl sites for hydroxylation is 2. The summed E-state index contributed by atoms with van der Waals surface area (Å²) in [6.07, 6.45) is 0. The van der Waals surface area contributed by atoms with Crippen LogP contribution in [0.1, 0.15) is 33.4 Å². The van der Waals surface area contributed by atoms with Crippen molar-refractivity contribution >= 4 is 22.7 Å². The maximum absolute atomic E-state index is 4.65. The van der Waals surface area contributed by atoms with Crippen LogP contribution in [0.4, 0.5) is 0 Å². The fraction of sp³-hybridized carbons (Fsp3) is 0.417. The van der Waals surface area contributed by atoms with Crippen LogP contribution < -0.4 is 5.32 Å². The van der Waals surface area contributed by atoms with Gasteiger partial charge in [0.1, 0.15) is 5.01 Å². The lowest BCUT2D eigenvalue weighted by Gasteiger charge is -2.13. The van der Waals surface area contributed by atoms with Crippen molar-refractivity contribution in [3.8, 4) is 0 Å². The molecule has 86 valence electrons. The second kappa shape index (κ2) is 5.08. The highest BCUT2D eigenvalue weighted by molar-refractivity contribution is 7.12. The van der Waals surface area contributed by atoms with Crippen molar-refractivity contribution in [1.29, 1.82) is 0 Å². The van der Waals surface area contributed by atoms with Gasteiger partial charge in [-0.05, 0) is 31.8 Å². The number of hydrogen-bond donors (Lipinski definition) is 1. The first-order chi connectivity index (χ1) is 7.72. The van der Waals surface area contributed by atoms with Crippen molar-refractivity contribution < 1.29 is 0 Å². The summed E-state index contributed by atoms with van der Waals surface area (Å²) in [5.74, 6) is 0. The molecule has 2 aromatic rings. The minimum atomic E-state index is 0.266. The Morgan fingerprint density at radius 2 is 2.25 bits per heavy atom. The molecule has 0 aliphatic rings. The van der Waals surface area contributed by atoms with Gasteiger partial charge in [0.25, 0.3) is 0 Å². The highest BCUT2D eigenvalue weighted by atomic mass is 32.1. The second-order valence-corrected chi connectivity index (χ2v) is 5.91. The van der Waals surface area contributed by atoms with Crippen molar-refractivity contribution in [2.24, 2.45) is 0 Å². The molecule has 0 amide bonds. The van der Waals surface area contributed by atoms with E-state index in [4.69, 9.17) is 0 Å². The third-order valence-corrected chi connectivity index (χ3v) is 4.60. The molecule has 0 spiro atoms. The van der Waals surface area contributed by atoms with E-state index in [0.29, 0.717) is 0 Å². The molecule has 1 unspecified atom stereocenters. The van der Waals surface area contributed by atoms with Gasteiger partial charge >= 0.3 is 0 Å². The molecule has 2 heterocycles. The number of rotatable bonds is 4. The number of nitrogens with one attached hydrogen (secondary N) is 1. The predicted molar refractivity (Wildman–Crippen MR) is 71.4 cm³/mol. The van der Waals surface area contributed by atoms with Gasteiger partial charge in [0.2, 0.25) is 0 Å². The van der Waals surface area contributed by atoms with Crippen molar-refractivity contribution in [1.82, 2.24) is 10.3 Å². The Hall–Kier alpha value is -0.710. The highest BCUT2D eigenvalue weighted by Gasteiger charge is 2.18. The van der Waals surface area contributed by atoms with E-state index in [2.05, 4.69) is 48.6 Å². The van der Waals surface area contributed by atoms with Gasteiger partial charge in [-0.2, -0.15) is 0 Å². The van der Waals surface area contributed by atoms with Crippen LogP contribution in [0.25, 0.3) is 0 Å². The standard InChI is InChI=1S/C12H16N2S2/c1-4-13-11(10-6-5-7-15-10)12-14-8(2)9(3)16-12/h5-7,11,13H,4H2,1-3H3. The first kappa shape index (κ1) is 11.8. The highest BCUT2D eigenvalue weighted by Crippen LogP contribution is 2.30. The second-order valence-electron chi connectivity index (χ2n) is 3.70. The van der Waals surface area contributed by atoms with Gasteiger partial charge in [-0.3, -0.25) is 0 Å². The molecule has 2 nitrogen and oxygen atoms in total. The molecular formula is C12H16N2S2. The average molecular weight is 252 g/mol. The zero-order valence-corrected chi connectivity index (χ0v) is 11.4. The molecular weight excluding hydrogens is 236 g/mol. The first-order valence-electron chi connectivity index (χ1n) is 5.43. The Labute approximate surface area is 104 Å². The van der Waals surface area contributed by atoms with Gasteiger partial charge < -0.3 is 5.32 Å². The normalized spacial score (nSPS) is 12.9. The molecule has 0 saturated carbocycles. The molecule has 1 atom stereocenters. The summed E-state index contributed by atoms with van der Waals surface area (Å²) in [5.41, 5.74) is 1.15. The van der Waals surface area contributed by atoms with E-state index in [0.717, 1.165) is 12.2 Å². The van der Waals surface area contributed by atoms with Gasteiger partial charge in [-0.1, -0.05) is 13.0 Å². The smallest absolute Gasteiger partial charge is 0.115 e. The number of thiophene rings is 1. The minimum Gasteiger partial charge on any atom is -0.304 e. The Kier molecular flexibility index (Phi) is 3.74. The van der Waals surface area contributed by atoms with Gasteiger partial charge in [-0.25, -0.2) is 4.98 Å². The van der Waals surface area contributed by atoms with E-state index in [1.165, 1.54) is 14.8 Å². The van der Waals surface area contributed by atoms with E-state index in [1.807, 2.05) is 0 Å². The van der Waals surface area contributed by atoms with Crippen molar-refractivity contribution in [3.05, 3.63) is 38.0 Å². The number of nitrogens with zero attached hydrogens (tertiary/aromatic N) is 1. The maximum Gasteiger partial charge on any atom is 0.115 e. The fourth-order valence-corrected chi connectivity index (χ4v) is 3.49. The van der Waals surface area contributed by atoms with Crippen LogP contribution in [0.2, 0.25) is 0 Å². The molecule has 16 heavy (non-hydrogen) atoms. The summed E-state index contributed by atoms with van der Waals surface area (Å²) in [7, 11) is 0. The summed E-state index contributed by atoms with van der Waals surface area (Å²) in [5, 5.41) is 6.80. The largest absolute Gasteiger partial charge is 0.304 e. The van der Waals surface area contributed by atoms with Gasteiger partial charge in [0.05, 0.1) is 11.7 Å². The van der Waals surface area contributed by atoms with Crippen molar-refractivity contribution in [2.75, 3.05) is 6.54 Å². The van der Waals surface area contributed by atoms with E-state index in [9.17, 15) is 0 Å². The third kappa shape index (κ3) is 2.34. The van der Waals surface area contributed by atoms with Crippen LogP contribution in [0.5, 0.6) is 0 Å². The Bertz CT molecular complexity index is 426. The zero-order valence-electron chi connectivity index (χ0n) is 9.78. The summed E-state index contributed by atoms with van der Waals surface area (Å²) in [6, 6.07) is 4.53. The van der Waals surface area contributed by atoms with E-state index < -0.39 is 0 Å². The van der Waals surface area contributed by atoms with Crippen LogP contribution in [-0.2, 0) is 0 Å². The number of hydrogen-bond acceptors (Lipinski definition) is 4. The topological polar surface area (TPSA) is 24.9 Å². The van der Waals surface area contributed by atoms with E-state index in [1.54, 1.807) is 22.7 Å². The van der Waals surface area contributed by atoms with Crippen LogP contribution in [0, 0.1) is 13.8 Å². The monoisotopic (exact) mass is 252 g/mol. The summed E-state index contributed by atoms with van der Waals surface area (Å²) < 4.78 is 0. The molecule has 1 N–H and O–H groups in total. The summed E-state index contributed by atoms with van der Waals surface area (Å²) >= 11 is 3.58. The Balaban J connectivity index is 2.32.